The third kappa shape index (κ3) is 6.94. The van der Waals surface area contributed by atoms with Crippen molar-refractivity contribution in [2.24, 2.45) is 0 Å². The maximum absolute atomic E-state index is 14.3. The maximum Gasteiger partial charge on any atom is 0.266 e. The van der Waals surface area contributed by atoms with Crippen molar-refractivity contribution in [1.82, 2.24) is 15.2 Å². The molecule has 1 fully saturated rings. The first-order valence-corrected chi connectivity index (χ1v) is 16.5. The van der Waals surface area contributed by atoms with Crippen molar-refractivity contribution < 1.29 is 9.59 Å². The number of nitrogens with zero attached hydrogens (tertiary/aromatic N) is 2. The van der Waals surface area contributed by atoms with Crippen molar-refractivity contribution in [2.75, 3.05) is 0 Å². The number of rotatable bonds is 8. The minimum Gasteiger partial charge on any atom is -0.353 e. The van der Waals surface area contributed by atoms with Gasteiger partial charge in [-0.1, -0.05) is 77.3 Å². The lowest BCUT2D eigenvalue weighted by Crippen LogP contribution is -2.46. The van der Waals surface area contributed by atoms with Gasteiger partial charge in [0.25, 0.3) is 5.91 Å². The Bertz CT molecular complexity index is 1800. The van der Waals surface area contributed by atoms with Crippen LogP contribution in [0.5, 0.6) is 0 Å². The summed E-state index contributed by atoms with van der Waals surface area (Å²) in [6, 6.07) is 25.3. The van der Waals surface area contributed by atoms with Crippen molar-refractivity contribution in [3.8, 4) is 11.1 Å². The van der Waals surface area contributed by atoms with E-state index in [1.54, 1.807) is 30.6 Å². The Hall–Kier alpha value is -3.42. The maximum atomic E-state index is 14.3. The van der Waals surface area contributed by atoms with Gasteiger partial charge in [-0.05, 0) is 84.3 Å². The SMILES string of the molecule is O=C(Cc1ccc(Cl)cc1Cl)NC1CCC(N(Cc2cccc(-c3ccncc3)c2)C(=O)c2sc3ccccc3c2Cl)CC1. The van der Waals surface area contributed by atoms with Crippen molar-refractivity contribution in [1.29, 1.82) is 0 Å². The quantitative estimate of drug-likeness (QED) is 0.180. The molecule has 1 saturated carbocycles. The van der Waals surface area contributed by atoms with Gasteiger partial charge in [-0.3, -0.25) is 14.6 Å². The van der Waals surface area contributed by atoms with Gasteiger partial charge in [0.2, 0.25) is 5.91 Å². The van der Waals surface area contributed by atoms with Gasteiger partial charge in [-0.25, -0.2) is 0 Å². The zero-order chi connectivity index (χ0) is 30.6. The standard InChI is InChI=1S/C35H30Cl3N3O2S/c36-26-9-8-25(30(37)20-26)19-32(42)40-27-10-12-28(13-11-27)41(35(43)34-33(38)29-6-1-2-7-31(29)44-34)21-22-4-3-5-24(18-22)23-14-16-39-17-15-23/h1-9,14-18,20,27-28H,10-13,19,21H2,(H,40,42). The molecule has 1 aliphatic carbocycles. The third-order valence-corrected chi connectivity index (χ3v) is 10.4. The molecule has 44 heavy (non-hydrogen) atoms. The average Bonchev–Trinajstić information content (AvgIpc) is 3.38. The Morgan fingerprint density at radius 2 is 1.64 bits per heavy atom. The van der Waals surface area contributed by atoms with Crippen LogP contribution in [0, 0.1) is 0 Å². The van der Waals surface area contributed by atoms with E-state index < -0.39 is 0 Å². The van der Waals surface area contributed by atoms with Crippen LogP contribution in [-0.2, 0) is 17.8 Å². The first-order valence-electron chi connectivity index (χ1n) is 14.6. The summed E-state index contributed by atoms with van der Waals surface area (Å²) in [6.07, 6.45) is 6.83. The lowest BCUT2D eigenvalue weighted by Gasteiger charge is -2.37. The number of amides is 2. The smallest absolute Gasteiger partial charge is 0.266 e. The minimum atomic E-state index is -0.0735. The van der Waals surface area contributed by atoms with Gasteiger partial charge in [0.15, 0.2) is 0 Å². The van der Waals surface area contributed by atoms with Gasteiger partial charge in [0.1, 0.15) is 4.88 Å². The Kier molecular flexibility index (Phi) is 9.53. The number of aromatic nitrogens is 1. The summed E-state index contributed by atoms with van der Waals surface area (Å²) in [5.74, 6) is -0.133. The topological polar surface area (TPSA) is 62.3 Å². The second kappa shape index (κ2) is 13.7. The molecule has 0 atom stereocenters. The Morgan fingerprint density at radius 1 is 0.864 bits per heavy atom. The fourth-order valence-corrected chi connectivity index (χ4v) is 7.83. The molecule has 0 unspecified atom stereocenters. The average molecular weight is 663 g/mol. The second-order valence-electron chi connectivity index (χ2n) is 11.1. The number of thiophene rings is 1. The molecule has 5 nitrogen and oxygen atoms in total. The zero-order valence-electron chi connectivity index (χ0n) is 23.8. The molecule has 2 heterocycles. The number of hydrogen-bond acceptors (Lipinski definition) is 4. The molecule has 9 heteroatoms. The predicted molar refractivity (Wildman–Crippen MR) is 181 cm³/mol. The van der Waals surface area contributed by atoms with Gasteiger partial charge in [-0.2, -0.15) is 0 Å². The molecular formula is C35H30Cl3N3O2S. The van der Waals surface area contributed by atoms with Gasteiger partial charge < -0.3 is 10.2 Å². The largest absolute Gasteiger partial charge is 0.353 e. The molecule has 6 rings (SSSR count). The summed E-state index contributed by atoms with van der Waals surface area (Å²) in [5, 5.41) is 5.60. The monoisotopic (exact) mass is 661 g/mol. The molecule has 0 radical (unpaired) electrons. The number of carbonyl (C=O) groups excluding carboxylic acids is 2. The first-order chi connectivity index (χ1) is 21.4. The van der Waals surface area contributed by atoms with E-state index in [-0.39, 0.29) is 30.3 Å². The summed E-state index contributed by atoms with van der Waals surface area (Å²) in [5.41, 5.74) is 3.93. The van der Waals surface area contributed by atoms with E-state index in [1.165, 1.54) is 11.3 Å². The van der Waals surface area contributed by atoms with E-state index in [4.69, 9.17) is 34.8 Å². The van der Waals surface area contributed by atoms with E-state index in [0.717, 1.165) is 58.0 Å². The van der Waals surface area contributed by atoms with E-state index in [9.17, 15) is 9.59 Å². The highest BCUT2D eigenvalue weighted by molar-refractivity contribution is 7.21. The molecule has 5 aromatic rings. The van der Waals surface area contributed by atoms with Crippen LogP contribution in [0.15, 0.2) is 91.3 Å². The lowest BCUT2D eigenvalue weighted by molar-refractivity contribution is -0.121. The van der Waals surface area contributed by atoms with E-state index in [1.807, 2.05) is 47.4 Å². The number of carbonyl (C=O) groups is 2. The van der Waals surface area contributed by atoms with E-state index in [0.29, 0.717) is 26.5 Å². The van der Waals surface area contributed by atoms with Gasteiger partial charge in [0, 0.05) is 51.2 Å². The number of pyridine rings is 1. The fourth-order valence-electron chi connectivity index (χ4n) is 5.89. The molecule has 0 saturated heterocycles. The van der Waals surface area contributed by atoms with Crippen LogP contribution in [0.4, 0.5) is 0 Å². The first kappa shape index (κ1) is 30.6. The minimum absolute atomic E-state index is 0.00669. The Morgan fingerprint density at radius 3 is 2.39 bits per heavy atom. The van der Waals surface area contributed by atoms with Gasteiger partial charge >= 0.3 is 0 Å². The zero-order valence-corrected chi connectivity index (χ0v) is 26.9. The second-order valence-corrected chi connectivity index (χ2v) is 13.4. The van der Waals surface area contributed by atoms with Crippen LogP contribution in [0.3, 0.4) is 0 Å². The number of nitrogens with one attached hydrogen (secondary N) is 1. The van der Waals surface area contributed by atoms with Crippen molar-refractivity contribution >= 4 is 68.0 Å². The predicted octanol–water partition coefficient (Wildman–Crippen LogP) is 9.24. The van der Waals surface area contributed by atoms with Crippen LogP contribution in [0.1, 0.15) is 46.5 Å². The van der Waals surface area contributed by atoms with Crippen molar-refractivity contribution in [3.05, 3.63) is 122 Å². The third-order valence-electron chi connectivity index (χ3n) is 8.15. The molecule has 2 aromatic heterocycles. The number of fused-ring (bicyclic) bond motifs is 1. The van der Waals surface area contributed by atoms with Crippen molar-refractivity contribution in [3.63, 3.8) is 0 Å². The van der Waals surface area contributed by atoms with Crippen LogP contribution in [0.2, 0.25) is 15.1 Å². The molecular weight excluding hydrogens is 633 g/mol. The number of benzene rings is 3. The molecule has 0 aliphatic heterocycles. The molecule has 0 bridgehead atoms. The van der Waals surface area contributed by atoms with Crippen LogP contribution in [0.25, 0.3) is 21.2 Å². The summed E-state index contributed by atoms with van der Waals surface area (Å²) in [6.45, 7) is 0.457. The Balaban J connectivity index is 1.20. The normalized spacial score (nSPS) is 16.5. The summed E-state index contributed by atoms with van der Waals surface area (Å²) >= 11 is 20.5. The molecule has 224 valence electrons. The highest BCUT2D eigenvalue weighted by atomic mass is 35.5. The Labute approximate surface area is 275 Å². The molecule has 1 aliphatic rings. The number of halogens is 3. The number of hydrogen-bond donors (Lipinski definition) is 1. The van der Waals surface area contributed by atoms with Crippen LogP contribution < -0.4 is 5.32 Å². The summed E-state index contributed by atoms with van der Waals surface area (Å²) < 4.78 is 0.993. The molecule has 1 N–H and O–H groups in total. The molecule has 2 amide bonds. The van der Waals surface area contributed by atoms with Gasteiger partial charge in [-0.15, -0.1) is 11.3 Å². The summed E-state index contributed by atoms with van der Waals surface area (Å²) in [7, 11) is 0. The van der Waals surface area contributed by atoms with E-state index >= 15 is 0 Å². The molecule has 0 spiro atoms. The van der Waals surface area contributed by atoms with E-state index in [2.05, 4.69) is 28.5 Å². The fraction of sp³-hybridized carbons (Fsp3) is 0.229. The highest BCUT2D eigenvalue weighted by Crippen LogP contribution is 2.37. The van der Waals surface area contributed by atoms with Crippen LogP contribution in [-0.4, -0.2) is 33.8 Å². The highest BCUT2D eigenvalue weighted by Gasteiger charge is 2.32. The lowest BCUT2D eigenvalue weighted by atomic mass is 9.89. The van der Waals surface area contributed by atoms with Gasteiger partial charge in [0.05, 0.1) is 11.4 Å². The van der Waals surface area contributed by atoms with Crippen LogP contribution >= 0.6 is 46.1 Å². The molecule has 3 aromatic carbocycles. The summed E-state index contributed by atoms with van der Waals surface area (Å²) in [4.78, 5) is 33.8. The van der Waals surface area contributed by atoms with Crippen molar-refractivity contribution in [2.45, 2.75) is 50.7 Å².